The molecule has 7 nitrogen and oxygen atoms in total. The molecule has 3 aromatic heterocycles. The lowest BCUT2D eigenvalue weighted by molar-refractivity contribution is 0.513. The first-order valence-electron chi connectivity index (χ1n) is 12.6. The third kappa shape index (κ3) is 4.33. The van der Waals surface area contributed by atoms with Crippen LogP contribution >= 0.6 is 23.2 Å². The van der Waals surface area contributed by atoms with Crippen LogP contribution in [0.1, 0.15) is 34.2 Å². The first-order valence-corrected chi connectivity index (χ1v) is 13.4. The third-order valence-electron chi connectivity index (χ3n) is 6.97. The normalized spacial score (nSPS) is 11.4. The van der Waals surface area contributed by atoms with Crippen LogP contribution in [0.3, 0.4) is 0 Å². The van der Waals surface area contributed by atoms with Gasteiger partial charge in [-0.25, -0.2) is 9.36 Å². The summed E-state index contributed by atoms with van der Waals surface area (Å²) in [6.07, 6.45) is 0. The Hall–Kier alpha value is -4.46. The minimum absolute atomic E-state index is 0.279. The minimum atomic E-state index is -0.811. The van der Waals surface area contributed by atoms with Gasteiger partial charge in [-0.3, -0.25) is 19.8 Å². The zero-order valence-electron chi connectivity index (χ0n) is 21.6. The average Bonchev–Trinajstić information content (AvgIpc) is 3.65. The standard InChI is InChI=1S/C31H24Cl2N4O3/c1-18-26(30(38)36(34-18)20-10-5-3-6-11-20)28(25-17-16-24(40-25)22-14-9-15-23(32)29(22)33)27-19(2)35-37(31(27)39)21-12-7-4-8-13-21/h3-17,28,34-35H,1-2H3. The number of H-pyrrole nitrogens is 2. The van der Waals surface area contributed by atoms with Crippen LogP contribution in [0.5, 0.6) is 0 Å². The molecule has 0 saturated carbocycles. The summed E-state index contributed by atoms with van der Waals surface area (Å²) >= 11 is 12.7. The van der Waals surface area contributed by atoms with E-state index in [1.54, 1.807) is 30.3 Å². The Morgan fingerprint density at radius 1 is 0.675 bits per heavy atom. The number of furan rings is 1. The van der Waals surface area contributed by atoms with Gasteiger partial charge in [0, 0.05) is 17.0 Å². The van der Waals surface area contributed by atoms with Crippen molar-refractivity contribution in [3.8, 4) is 22.7 Å². The van der Waals surface area contributed by atoms with Gasteiger partial charge in [-0.15, -0.1) is 0 Å². The molecule has 0 fully saturated rings. The van der Waals surface area contributed by atoms with Gasteiger partial charge in [0.25, 0.3) is 11.1 Å². The van der Waals surface area contributed by atoms with Gasteiger partial charge in [0.05, 0.1) is 38.5 Å². The van der Waals surface area contributed by atoms with Gasteiger partial charge >= 0.3 is 0 Å². The van der Waals surface area contributed by atoms with E-state index in [9.17, 15) is 9.59 Å². The largest absolute Gasteiger partial charge is 0.460 e. The van der Waals surface area contributed by atoms with Crippen LogP contribution in [-0.2, 0) is 0 Å². The van der Waals surface area contributed by atoms with Crippen molar-refractivity contribution in [2.45, 2.75) is 19.8 Å². The highest BCUT2D eigenvalue weighted by atomic mass is 35.5. The highest BCUT2D eigenvalue weighted by molar-refractivity contribution is 6.43. The van der Waals surface area contributed by atoms with E-state index >= 15 is 0 Å². The molecular formula is C31H24Cl2N4O3. The molecule has 2 N–H and O–H groups in total. The molecule has 6 aromatic rings. The Morgan fingerprint density at radius 2 is 1.20 bits per heavy atom. The van der Waals surface area contributed by atoms with Crippen molar-refractivity contribution < 1.29 is 4.42 Å². The molecule has 0 radical (unpaired) electrons. The quantitative estimate of drug-likeness (QED) is 0.226. The second kappa shape index (κ2) is 10.3. The second-order valence-electron chi connectivity index (χ2n) is 9.49. The third-order valence-corrected chi connectivity index (χ3v) is 7.79. The summed E-state index contributed by atoms with van der Waals surface area (Å²) in [6.45, 7) is 3.64. The van der Waals surface area contributed by atoms with Crippen LogP contribution in [0.2, 0.25) is 10.0 Å². The summed E-state index contributed by atoms with van der Waals surface area (Å²) in [5.41, 5.74) is 3.45. The van der Waals surface area contributed by atoms with Crippen molar-refractivity contribution in [2.75, 3.05) is 0 Å². The Morgan fingerprint density at radius 3 is 1.73 bits per heavy atom. The number of hydrogen-bond acceptors (Lipinski definition) is 3. The molecule has 3 aromatic carbocycles. The van der Waals surface area contributed by atoms with E-state index in [2.05, 4.69) is 10.2 Å². The molecule has 0 amide bonds. The molecule has 0 aliphatic heterocycles. The van der Waals surface area contributed by atoms with Gasteiger partial charge in [-0.1, -0.05) is 65.7 Å². The Labute approximate surface area is 239 Å². The number of para-hydroxylation sites is 2. The Kier molecular flexibility index (Phi) is 6.62. The zero-order valence-corrected chi connectivity index (χ0v) is 23.1. The lowest BCUT2D eigenvalue weighted by atomic mass is 9.89. The highest BCUT2D eigenvalue weighted by Crippen LogP contribution is 2.38. The van der Waals surface area contributed by atoms with E-state index in [-0.39, 0.29) is 11.1 Å². The smallest absolute Gasteiger partial charge is 0.275 e. The topological polar surface area (TPSA) is 88.7 Å². The van der Waals surface area contributed by atoms with Crippen LogP contribution in [0.15, 0.2) is 105 Å². The van der Waals surface area contributed by atoms with Crippen molar-refractivity contribution in [2.24, 2.45) is 0 Å². The fraction of sp³-hybridized carbons (Fsp3) is 0.0968. The Bertz CT molecular complexity index is 1850. The number of halogens is 2. The van der Waals surface area contributed by atoms with Crippen LogP contribution < -0.4 is 11.1 Å². The summed E-state index contributed by atoms with van der Waals surface area (Å²) in [6, 6.07) is 27.4. The Balaban J connectivity index is 1.59. The van der Waals surface area contributed by atoms with Crippen molar-refractivity contribution in [1.82, 2.24) is 19.6 Å². The van der Waals surface area contributed by atoms with Crippen molar-refractivity contribution in [1.29, 1.82) is 0 Å². The van der Waals surface area contributed by atoms with E-state index in [0.29, 0.717) is 61.0 Å². The lowest BCUT2D eigenvalue weighted by Gasteiger charge is -2.13. The maximum Gasteiger partial charge on any atom is 0.275 e. The maximum atomic E-state index is 14.0. The number of aromatic nitrogens is 4. The van der Waals surface area contributed by atoms with Crippen molar-refractivity contribution in [3.05, 3.63) is 150 Å². The van der Waals surface area contributed by atoms with Crippen LogP contribution in [0.25, 0.3) is 22.7 Å². The number of hydrogen-bond donors (Lipinski definition) is 2. The summed E-state index contributed by atoms with van der Waals surface area (Å²) < 4.78 is 9.32. The van der Waals surface area contributed by atoms with Gasteiger partial charge in [-0.05, 0) is 62.4 Å². The summed E-state index contributed by atoms with van der Waals surface area (Å²) in [7, 11) is 0. The van der Waals surface area contributed by atoms with E-state index < -0.39 is 5.92 Å². The molecule has 0 atom stereocenters. The van der Waals surface area contributed by atoms with Crippen LogP contribution in [-0.4, -0.2) is 19.6 Å². The second-order valence-corrected chi connectivity index (χ2v) is 10.3. The number of benzene rings is 3. The average molecular weight is 571 g/mol. The first-order chi connectivity index (χ1) is 19.3. The summed E-state index contributed by atoms with van der Waals surface area (Å²) in [5.74, 6) is 0.0830. The van der Waals surface area contributed by atoms with Gasteiger partial charge in [0.2, 0.25) is 0 Å². The molecule has 0 unspecified atom stereocenters. The van der Waals surface area contributed by atoms with Gasteiger partial charge in [0.15, 0.2) is 0 Å². The predicted octanol–water partition coefficient (Wildman–Crippen LogP) is 7.01. The fourth-order valence-corrected chi connectivity index (χ4v) is 5.49. The molecule has 3 heterocycles. The molecule has 6 rings (SSSR count). The van der Waals surface area contributed by atoms with Crippen LogP contribution in [0.4, 0.5) is 0 Å². The zero-order chi connectivity index (χ0) is 28.0. The molecular weight excluding hydrogens is 547 g/mol. The molecule has 0 bridgehead atoms. The highest BCUT2D eigenvalue weighted by Gasteiger charge is 2.33. The van der Waals surface area contributed by atoms with E-state index in [1.165, 1.54) is 9.36 Å². The molecule has 0 aliphatic rings. The van der Waals surface area contributed by atoms with Crippen molar-refractivity contribution >= 4 is 23.2 Å². The molecule has 0 spiro atoms. The number of aromatic amines is 2. The van der Waals surface area contributed by atoms with E-state index in [1.807, 2.05) is 74.5 Å². The molecule has 9 heteroatoms. The van der Waals surface area contributed by atoms with E-state index in [4.69, 9.17) is 27.6 Å². The molecule has 0 aliphatic carbocycles. The SMILES string of the molecule is Cc1[nH]n(-c2ccccc2)c(=O)c1C(c1ccc(-c2cccc(Cl)c2Cl)o1)c1c(C)[nH]n(-c2ccccc2)c1=O. The predicted molar refractivity (Wildman–Crippen MR) is 157 cm³/mol. The van der Waals surface area contributed by atoms with Crippen molar-refractivity contribution in [3.63, 3.8) is 0 Å². The number of nitrogens with zero attached hydrogens (tertiary/aromatic N) is 2. The number of rotatable bonds is 6. The van der Waals surface area contributed by atoms with Crippen LogP contribution in [0, 0.1) is 13.8 Å². The number of nitrogens with one attached hydrogen (secondary N) is 2. The fourth-order valence-electron chi connectivity index (χ4n) is 5.09. The minimum Gasteiger partial charge on any atom is -0.460 e. The first kappa shape index (κ1) is 25.8. The maximum absolute atomic E-state index is 14.0. The monoisotopic (exact) mass is 570 g/mol. The van der Waals surface area contributed by atoms with Gasteiger partial charge in [-0.2, -0.15) is 0 Å². The molecule has 40 heavy (non-hydrogen) atoms. The van der Waals surface area contributed by atoms with E-state index in [0.717, 1.165) is 0 Å². The summed E-state index contributed by atoms with van der Waals surface area (Å²) in [5, 5.41) is 7.13. The molecule has 0 saturated heterocycles. The molecule has 200 valence electrons. The number of aryl methyl sites for hydroxylation is 2. The summed E-state index contributed by atoms with van der Waals surface area (Å²) in [4.78, 5) is 28.0. The van der Waals surface area contributed by atoms with Gasteiger partial charge in [0.1, 0.15) is 11.5 Å². The van der Waals surface area contributed by atoms with Gasteiger partial charge < -0.3 is 4.42 Å². The lowest BCUT2D eigenvalue weighted by Crippen LogP contribution is -2.25.